The maximum atomic E-state index is 13.5. The van der Waals surface area contributed by atoms with E-state index in [9.17, 15) is 4.39 Å². The van der Waals surface area contributed by atoms with Crippen molar-refractivity contribution in [2.75, 3.05) is 5.32 Å². The van der Waals surface area contributed by atoms with Crippen LogP contribution in [-0.4, -0.2) is 0 Å². The van der Waals surface area contributed by atoms with E-state index in [1.54, 1.807) is 12.1 Å². The zero-order valence-electron chi connectivity index (χ0n) is 10.4. The van der Waals surface area contributed by atoms with Crippen molar-refractivity contribution in [2.24, 2.45) is 0 Å². The number of nitrogens with one attached hydrogen (secondary N) is 1. The molecule has 0 spiro atoms. The Morgan fingerprint density at radius 3 is 2.67 bits per heavy atom. The summed E-state index contributed by atoms with van der Waals surface area (Å²) in [5, 5.41) is 3.61. The Kier molecular flexibility index (Phi) is 3.87. The maximum Gasteiger partial charge on any atom is 0.146 e. The average Bonchev–Trinajstić information content (AvgIpc) is 2.34. The third kappa shape index (κ3) is 3.02. The zero-order valence-corrected chi connectivity index (χ0v) is 11.2. The van der Waals surface area contributed by atoms with Gasteiger partial charge in [0.1, 0.15) is 5.82 Å². The quantitative estimate of drug-likeness (QED) is 0.846. The highest BCUT2D eigenvalue weighted by Crippen LogP contribution is 2.21. The van der Waals surface area contributed by atoms with Crippen LogP contribution in [0.3, 0.4) is 0 Å². The number of anilines is 1. The summed E-state index contributed by atoms with van der Waals surface area (Å²) in [6.07, 6.45) is 0. The average molecular weight is 264 g/mol. The number of aryl methyl sites for hydroxylation is 2. The second kappa shape index (κ2) is 5.40. The number of rotatable bonds is 3. The van der Waals surface area contributed by atoms with Gasteiger partial charge in [-0.15, -0.1) is 0 Å². The van der Waals surface area contributed by atoms with Crippen molar-refractivity contribution >= 4 is 17.3 Å². The highest BCUT2D eigenvalue weighted by molar-refractivity contribution is 6.30. The minimum Gasteiger partial charge on any atom is -0.379 e. The SMILES string of the molecule is Cc1ccc(C)c(CNc2cc(Cl)ccc2F)c1. The fourth-order valence-corrected chi connectivity index (χ4v) is 1.99. The Morgan fingerprint density at radius 2 is 1.89 bits per heavy atom. The number of halogens is 2. The van der Waals surface area contributed by atoms with Crippen LogP contribution < -0.4 is 5.32 Å². The van der Waals surface area contributed by atoms with Crippen LogP contribution in [0.15, 0.2) is 36.4 Å². The van der Waals surface area contributed by atoms with E-state index < -0.39 is 0 Å². The van der Waals surface area contributed by atoms with Gasteiger partial charge in [0, 0.05) is 11.6 Å². The number of hydrogen-bond donors (Lipinski definition) is 1. The molecule has 0 aliphatic heterocycles. The molecular formula is C15H15ClFN. The van der Waals surface area contributed by atoms with Crippen LogP contribution in [0, 0.1) is 19.7 Å². The monoisotopic (exact) mass is 263 g/mol. The minimum atomic E-state index is -0.287. The third-order valence-corrected chi connectivity index (χ3v) is 3.14. The summed E-state index contributed by atoms with van der Waals surface area (Å²) < 4.78 is 13.5. The summed E-state index contributed by atoms with van der Waals surface area (Å²) in [7, 11) is 0. The van der Waals surface area contributed by atoms with Gasteiger partial charge in [-0.05, 0) is 43.2 Å². The molecule has 94 valence electrons. The molecule has 0 atom stereocenters. The number of benzene rings is 2. The molecule has 0 aromatic heterocycles. The zero-order chi connectivity index (χ0) is 13.1. The van der Waals surface area contributed by atoms with Gasteiger partial charge < -0.3 is 5.32 Å². The van der Waals surface area contributed by atoms with E-state index in [1.165, 1.54) is 17.2 Å². The molecule has 0 saturated heterocycles. The van der Waals surface area contributed by atoms with Crippen molar-refractivity contribution in [1.82, 2.24) is 0 Å². The molecule has 1 N–H and O–H groups in total. The summed E-state index contributed by atoms with van der Waals surface area (Å²) in [5.41, 5.74) is 3.98. The lowest BCUT2D eigenvalue weighted by atomic mass is 10.1. The van der Waals surface area contributed by atoms with Crippen molar-refractivity contribution in [3.8, 4) is 0 Å². The van der Waals surface area contributed by atoms with E-state index in [2.05, 4.69) is 23.5 Å². The first-order chi connectivity index (χ1) is 8.56. The second-order valence-electron chi connectivity index (χ2n) is 4.41. The van der Waals surface area contributed by atoms with Crippen LogP contribution >= 0.6 is 11.6 Å². The van der Waals surface area contributed by atoms with Crippen LogP contribution in [0.5, 0.6) is 0 Å². The molecule has 0 fully saturated rings. The van der Waals surface area contributed by atoms with E-state index in [0.29, 0.717) is 17.3 Å². The van der Waals surface area contributed by atoms with Crippen molar-refractivity contribution < 1.29 is 4.39 Å². The molecule has 3 heteroatoms. The standard InChI is InChI=1S/C15H15ClFN/c1-10-3-4-11(2)12(7-10)9-18-15-8-13(16)5-6-14(15)17/h3-8,18H,9H2,1-2H3. The maximum absolute atomic E-state index is 13.5. The summed E-state index contributed by atoms with van der Waals surface area (Å²) in [6.45, 7) is 4.68. The van der Waals surface area contributed by atoms with Crippen molar-refractivity contribution in [2.45, 2.75) is 20.4 Å². The van der Waals surface area contributed by atoms with Gasteiger partial charge in [0.25, 0.3) is 0 Å². The Hall–Kier alpha value is -1.54. The first-order valence-corrected chi connectivity index (χ1v) is 6.19. The molecule has 0 radical (unpaired) electrons. The highest BCUT2D eigenvalue weighted by atomic mass is 35.5. The van der Waals surface area contributed by atoms with E-state index >= 15 is 0 Å². The van der Waals surface area contributed by atoms with E-state index in [1.807, 2.05) is 13.8 Å². The van der Waals surface area contributed by atoms with Crippen LogP contribution in [0.2, 0.25) is 5.02 Å². The molecule has 0 amide bonds. The molecule has 0 heterocycles. The predicted molar refractivity (Wildman–Crippen MR) is 74.7 cm³/mol. The summed E-state index contributed by atoms with van der Waals surface area (Å²) in [6, 6.07) is 10.8. The lowest BCUT2D eigenvalue weighted by Crippen LogP contribution is -2.03. The summed E-state index contributed by atoms with van der Waals surface area (Å²) in [5.74, 6) is -0.287. The molecule has 2 aromatic rings. The normalized spacial score (nSPS) is 10.4. The predicted octanol–water partition coefficient (Wildman–Crippen LogP) is 4.71. The molecule has 2 aromatic carbocycles. The molecule has 0 aliphatic rings. The van der Waals surface area contributed by atoms with Crippen LogP contribution in [0.25, 0.3) is 0 Å². The molecule has 0 aliphatic carbocycles. The lowest BCUT2D eigenvalue weighted by Gasteiger charge is -2.11. The van der Waals surface area contributed by atoms with Gasteiger partial charge >= 0.3 is 0 Å². The molecular weight excluding hydrogens is 249 g/mol. The van der Waals surface area contributed by atoms with Gasteiger partial charge in [-0.2, -0.15) is 0 Å². The van der Waals surface area contributed by atoms with Crippen LogP contribution in [-0.2, 0) is 6.54 Å². The first-order valence-electron chi connectivity index (χ1n) is 5.81. The summed E-state index contributed by atoms with van der Waals surface area (Å²) in [4.78, 5) is 0. The Labute approximate surface area is 112 Å². The molecule has 0 bridgehead atoms. The van der Waals surface area contributed by atoms with Crippen molar-refractivity contribution in [3.63, 3.8) is 0 Å². The van der Waals surface area contributed by atoms with Gasteiger partial charge in [-0.3, -0.25) is 0 Å². The van der Waals surface area contributed by atoms with E-state index in [0.717, 1.165) is 5.56 Å². The second-order valence-corrected chi connectivity index (χ2v) is 4.84. The third-order valence-electron chi connectivity index (χ3n) is 2.90. The van der Waals surface area contributed by atoms with Gasteiger partial charge in [-0.25, -0.2) is 4.39 Å². The Balaban J connectivity index is 2.16. The van der Waals surface area contributed by atoms with Crippen molar-refractivity contribution in [1.29, 1.82) is 0 Å². The van der Waals surface area contributed by atoms with Gasteiger partial charge in [0.15, 0.2) is 0 Å². The first kappa shape index (κ1) is 12.9. The van der Waals surface area contributed by atoms with E-state index in [-0.39, 0.29) is 5.82 Å². The van der Waals surface area contributed by atoms with Crippen LogP contribution in [0.1, 0.15) is 16.7 Å². The van der Waals surface area contributed by atoms with Gasteiger partial charge in [0.2, 0.25) is 0 Å². The topological polar surface area (TPSA) is 12.0 Å². The Bertz CT molecular complexity index is 515. The van der Waals surface area contributed by atoms with Crippen LogP contribution in [0.4, 0.5) is 10.1 Å². The fraction of sp³-hybridized carbons (Fsp3) is 0.200. The number of hydrogen-bond acceptors (Lipinski definition) is 1. The summed E-state index contributed by atoms with van der Waals surface area (Å²) >= 11 is 5.85. The molecule has 2 rings (SSSR count). The molecule has 18 heavy (non-hydrogen) atoms. The lowest BCUT2D eigenvalue weighted by molar-refractivity contribution is 0.630. The van der Waals surface area contributed by atoms with Gasteiger partial charge in [0.05, 0.1) is 5.69 Å². The molecule has 0 unspecified atom stereocenters. The highest BCUT2D eigenvalue weighted by Gasteiger charge is 2.04. The van der Waals surface area contributed by atoms with Crippen molar-refractivity contribution in [3.05, 3.63) is 63.9 Å². The van der Waals surface area contributed by atoms with Gasteiger partial charge in [-0.1, -0.05) is 35.4 Å². The molecule has 0 saturated carbocycles. The van der Waals surface area contributed by atoms with E-state index in [4.69, 9.17) is 11.6 Å². The Morgan fingerprint density at radius 1 is 1.11 bits per heavy atom. The molecule has 1 nitrogen and oxygen atoms in total. The fourth-order valence-electron chi connectivity index (χ4n) is 1.81. The smallest absolute Gasteiger partial charge is 0.146 e. The minimum absolute atomic E-state index is 0.287. The largest absolute Gasteiger partial charge is 0.379 e.